The van der Waals surface area contributed by atoms with Crippen molar-refractivity contribution in [2.45, 2.75) is 44.6 Å². The zero-order valence-corrected chi connectivity index (χ0v) is 18.8. The van der Waals surface area contributed by atoms with E-state index in [1.807, 2.05) is 10.8 Å². The number of aliphatic carboxylic acids is 1. The topological polar surface area (TPSA) is 55.8 Å². The van der Waals surface area contributed by atoms with E-state index < -0.39 is 35.5 Å². The SMILES string of the molecule is Cc1ccccc1C(CCC(=O)O)Oc1cc(OCc2ccsc2)ccc1C(F)(F)C(F)(F)F. The summed E-state index contributed by atoms with van der Waals surface area (Å²) in [6.45, 7) is 1.79. The van der Waals surface area contributed by atoms with E-state index in [2.05, 4.69) is 0 Å². The number of aryl methyl sites for hydroxylation is 1. The summed E-state index contributed by atoms with van der Waals surface area (Å²) in [6, 6.07) is 11.1. The lowest BCUT2D eigenvalue weighted by Gasteiger charge is -2.26. The van der Waals surface area contributed by atoms with E-state index in [0.29, 0.717) is 17.2 Å². The fraction of sp³-hybridized carbons (Fsp3) is 0.292. The molecule has 34 heavy (non-hydrogen) atoms. The highest BCUT2D eigenvalue weighted by molar-refractivity contribution is 7.07. The van der Waals surface area contributed by atoms with Gasteiger partial charge in [-0.25, -0.2) is 0 Å². The minimum atomic E-state index is -5.86. The molecule has 0 amide bonds. The van der Waals surface area contributed by atoms with Crippen LogP contribution in [-0.4, -0.2) is 17.3 Å². The summed E-state index contributed by atoms with van der Waals surface area (Å²) in [4.78, 5) is 11.1. The summed E-state index contributed by atoms with van der Waals surface area (Å²) >= 11 is 1.42. The van der Waals surface area contributed by atoms with Crippen molar-refractivity contribution in [3.8, 4) is 11.5 Å². The van der Waals surface area contributed by atoms with Gasteiger partial charge in [0, 0.05) is 12.5 Å². The van der Waals surface area contributed by atoms with Gasteiger partial charge in [-0.05, 0) is 59.0 Å². The van der Waals surface area contributed by atoms with Crippen molar-refractivity contribution in [2.24, 2.45) is 0 Å². The molecule has 1 heterocycles. The Balaban J connectivity index is 2.01. The molecule has 1 aromatic heterocycles. The molecule has 0 saturated carbocycles. The van der Waals surface area contributed by atoms with Crippen LogP contribution in [0.2, 0.25) is 0 Å². The zero-order chi connectivity index (χ0) is 24.9. The van der Waals surface area contributed by atoms with Crippen LogP contribution in [0, 0.1) is 6.92 Å². The fourth-order valence-electron chi connectivity index (χ4n) is 3.28. The average molecular weight is 500 g/mol. The Hall–Kier alpha value is -3.14. The molecule has 2 aromatic carbocycles. The molecule has 0 radical (unpaired) electrons. The number of carbonyl (C=O) groups is 1. The van der Waals surface area contributed by atoms with Crippen molar-refractivity contribution in [2.75, 3.05) is 0 Å². The summed E-state index contributed by atoms with van der Waals surface area (Å²) in [5, 5.41) is 12.7. The standard InChI is InChI=1S/C24H21F5O4S/c1-15-4-2-3-5-18(15)20(8-9-22(30)31)33-21-12-17(32-13-16-10-11-34-14-16)6-7-19(21)23(25,26)24(27,28)29/h2-7,10-12,14,20H,8-9,13H2,1H3,(H,30,31). The fourth-order valence-corrected chi connectivity index (χ4v) is 3.93. The van der Waals surface area contributed by atoms with Crippen molar-refractivity contribution in [1.29, 1.82) is 0 Å². The maximum atomic E-state index is 14.4. The van der Waals surface area contributed by atoms with Gasteiger partial charge < -0.3 is 14.6 Å². The van der Waals surface area contributed by atoms with Gasteiger partial charge in [-0.3, -0.25) is 4.79 Å². The lowest BCUT2D eigenvalue weighted by Crippen LogP contribution is -2.34. The van der Waals surface area contributed by atoms with Crippen molar-refractivity contribution >= 4 is 17.3 Å². The molecule has 1 N–H and O–H groups in total. The van der Waals surface area contributed by atoms with Crippen LogP contribution in [0.15, 0.2) is 59.3 Å². The Morgan fingerprint density at radius 3 is 2.44 bits per heavy atom. The minimum Gasteiger partial charge on any atom is -0.489 e. The number of hydrogen-bond donors (Lipinski definition) is 1. The third-order valence-corrected chi connectivity index (χ3v) is 5.79. The van der Waals surface area contributed by atoms with Gasteiger partial charge >= 0.3 is 18.1 Å². The van der Waals surface area contributed by atoms with Gasteiger partial charge in [0.05, 0.1) is 5.56 Å². The van der Waals surface area contributed by atoms with Crippen LogP contribution in [0.4, 0.5) is 22.0 Å². The van der Waals surface area contributed by atoms with E-state index in [9.17, 15) is 26.7 Å². The summed E-state index contributed by atoms with van der Waals surface area (Å²) in [5.41, 5.74) is 0.578. The van der Waals surface area contributed by atoms with E-state index in [4.69, 9.17) is 14.6 Å². The molecule has 0 aliphatic heterocycles. The molecule has 1 unspecified atom stereocenters. The summed E-state index contributed by atoms with van der Waals surface area (Å²) < 4.78 is 79.6. The monoisotopic (exact) mass is 500 g/mol. The van der Waals surface area contributed by atoms with Gasteiger partial charge in [0.25, 0.3) is 0 Å². The van der Waals surface area contributed by atoms with Crippen LogP contribution < -0.4 is 9.47 Å². The van der Waals surface area contributed by atoms with Gasteiger partial charge in [-0.2, -0.15) is 33.3 Å². The van der Waals surface area contributed by atoms with E-state index in [1.165, 1.54) is 11.3 Å². The molecule has 0 spiro atoms. The van der Waals surface area contributed by atoms with Gasteiger partial charge in [0.1, 0.15) is 24.2 Å². The van der Waals surface area contributed by atoms with Crippen molar-refractivity contribution in [3.63, 3.8) is 0 Å². The lowest BCUT2D eigenvalue weighted by molar-refractivity contribution is -0.289. The first-order valence-electron chi connectivity index (χ1n) is 10.2. The average Bonchev–Trinajstić information content (AvgIpc) is 3.28. The molecule has 0 saturated heterocycles. The summed E-state index contributed by atoms with van der Waals surface area (Å²) in [6.07, 6.45) is -7.45. The highest BCUT2D eigenvalue weighted by Gasteiger charge is 2.60. The number of carboxylic acids is 1. The second-order valence-corrected chi connectivity index (χ2v) is 8.33. The number of ether oxygens (including phenoxy) is 2. The van der Waals surface area contributed by atoms with E-state index >= 15 is 0 Å². The quantitative estimate of drug-likeness (QED) is 0.298. The number of halogens is 5. The third kappa shape index (κ3) is 6.05. The lowest BCUT2D eigenvalue weighted by atomic mass is 9.99. The van der Waals surface area contributed by atoms with Gasteiger partial charge in [-0.1, -0.05) is 24.3 Å². The smallest absolute Gasteiger partial charge is 0.458 e. The van der Waals surface area contributed by atoms with Gasteiger partial charge in [-0.15, -0.1) is 0 Å². The number of thiophene rings is 1. The predicted octanol–water partition coefficient (Wildman–Crippen LogP) is 7.27. The third-order valence-electron chi connectivity index (χ3n) is 5.06. The molecule has 3 aromatic rings. The molecular weight excluding hydrogens is 479 g/mol. The first kappa shape index (κ1) is 25.5. The van der Waals surface area contributed by atoms with Crippen LogP contribution in [0.3, 0.4) is 0 Å². The molecule has 0 bridgehead atoms. The normalized spacial score (nSPS) is 12.9. The molecule has 4 nitrogen and oxygen atoms in total. The second-order valence-electron chi connectivity index (χ2n) is 7.55. The molecule has 1 atom stereocenters. The van der Waals surface area contributed by atoms with E-state index in [-0.39, 0.29) is 25.2 Å². The number of hydrogen-bond acceptors (Lipinski definition) is 4. The second kappa shape index (κ2) is 10.4. The van der Waals surface area contributed by atoms with Crippen LogP contribution in [0.5, 0.6) is 11.5 Å². The molecule has 182 valence electrons. The number of rotatable bonds is 10. The van der Waals surface area contributed by atoms with E-state index in [0.717, 1.165) is 17.7 Å². The highest BCUT2D eigenvalue weighted by Crippen LogP contribution is 2.49. The van der Waals surface area contributed by atoms with E-state index in [1.54, 1.807) is 37.3 Å². The summed E-state index contributed by atoms with van der Waals surface area (Å²) in [5.74, 6) is -7.05. The Morgan fingerprint density at radius 1 is 1.09 bits per heavy atom. The maximum absolute atomic E-state index is 14.4. The maximum Gasteiger partial charge on any atom is 0.458 e. The zero-order valence-electron chi connectivity index (χ0n) is 17.9. The van der Waals surface area contributed by atoms with Crippen molar-refractivity contribution in [1.82, 2.24) is 0 Å². The Labute approximate surface area is 196 Å². The largest absolute Gasteiger partial charge is 0.489 e. The molecule has 10 heteroatoms. The van der Waals surface area contributed by atoms with Crippen LogP contribution in [0.1, 0.15) is 41.2 Å². The van der Waals surface area contributed by atoms with Gasteiger partial charge in [0.2, 0.25) is 0 Å². The number of carboxylic acid groups (broad SMARTS) is 1. The Kier molecular flexibility index (Phi) is 7.81. The van der Waals surface area contributed by atoms with Crippen molar-refractivity contribution in [3.05, 3.63) is 81.5 Å². The first-order chi connectivity index (χ1) is 16.0. The Morgan fingerprint density at radius 2 is 1.82 bits per heavy atom. The molecule has 0 fully saturated rings. The van der Waals surface area contributed by atoms with Crippen LogP contribution in [-0.2, 0) is 17.3 Å². The Bertz CT molecular complexity index is 1110. The molecular formula is C24H21F5O4S. The minimum absolute atomic E-state index is 0.0321. The molecule has 0 aliphatic rings. The van der Waals surface area contributed by atoms with Crippen LogP contribution in [0.25, 0.3) is 0 Å². The number of alkyl halides is 5. The predicted molar refractivity (Wildman–Crippen MR) is 116 cm³/mol. The molecule has 0 aliphatic carbocycles. The molecule has 3 rings (SSSR count). The number of benzene rings is 2. The first-order valence-corrected chi connectivity index (χ1v) is 11.1. The van der Waals surface area contributed by atoms with Gasteiger partial charge in [0.15, 0.2) is 0 Å². The summed E-state index contributed by atoms with van der Waals surface area (Å²) in [7, 11) is 0. The van der Waals surface area contributed by atoms with Crippen LogP contribution >= 0.6 is 11.3 Å². The van der Waals surface area contributed by atoms with Crippen molar-refractivity contribution < 1.29 is 41.3 Å². The highest BCUT2D eigenvalue weighted by atomic mass is 32.1.